The molecule has 3 aromatic rings. The Morgan fingerprint density at radius 1 is 1.42 bits per heavy atom. The van der Waals surface area contributed by atoms with E-state index in [-0.39, 0.29) is 5.75 Å². The molecule has 0 saturated heterocycles. The quantitative estimate of drug-likeness (QED) is 0.411. The number of nitrogens with one attached hydrogen (secondary N) is 2. The van der Waals surface area contributed by atoms with Crippen molar-refractivity contribution in [3.8, 4) is 5.75 Å². The van der Waals surface area contributed by atoms with E-state index >= 15 is 0 Å². The van der Waals surface area contributed by atoms with Crippen molar-refractivity contribution in [2.24, 2.45) is 4.99 Å². The van der Waals surface area contributed by atoms with Gasteiger partial charge in [0.15, 0.2) is 11.7 Å². The summed E-state index contributed by atoms with van der Waals surface area (Å²) < 4.78 is 6.83. The van der Waals surface area contributed by atoms with Crippen LogP contribution in [0.1, 0.15) is 48.7 Å². The lowest BCUT2D eigenvalue weighted by Crippen LogP contribution is -2.17. The number of hydrogen-bond acceptors (Lipinski definition) is 6. The summed E-state index contributed by atoms with van der Waals surface area (Å²) in [6.45, 7) is 4.24. The summed E-state index contributed by atoms with van der Waals surface area (Å²) in [5, 5.41) is 23.8. The van der Waals surface area contributed by atoms with E-state index in [1.807, 2.05) is 6.07 Å². The van der Waals surface area contributed by atoms with Crippen LogP contribution in [0.25, 0.3) is 6.20 Å². The second kappa shape index (κ2) is 11.1. The summed E-state index contributed by atoms with van der Waals surface area (Å²) in [4.78, 5) is 7.98. The number of H-pyrrole nitrogens is 1. The van der Waals surface area contributed by atoms with Crippen LogP contribution in [0.15, 0.2) is 48.2 Å². The molecular weight excluding hydrogens is 394 g/mol. The lowest BCUT2D eigenvalue weighted by atomic mass is 10.0. The van der Waals surface area contributed by atoms with Gasteiger partial charge in [0.25, 0.3) is 0 Å². The van der Waals surface area contributed by atoms with E-state index in [1.165, 1.54) is 37.6 Å². The van der Waals surface area contributed by atoms with E-state index in [0.717, 1.165) is 17.2 Å². The Bertz CT molecular complexity index is 988. The lowest BCUT2D eigenvalue weighted by molar-refractivity contribution is 0.181. The number of aliphatic imine (C=N–C) groups is 1. The van der Waals surface area contributed by atoms with Gasteiger partial charge < -0.3 is 15.2 Å². The highest BCUT2D eigenvalue weighted by Gasteiger charge is 2.20. The van der Waals surface area contributed by atoms with Crippen molar-refractivity contribution in [2.45, 2.75) is 38.2 Å². The van der Waals surface area contributed by atoms with Gasteiger partial charge in [0, 0.05) is 44.2 Å². The number of aromatic amines is 1. The number of methoxy groups -OCH3 is 1. The number of anilines is 1. The molecule has 0 unspecified atom stereocenters. The number of nitrogens with zero attached hydrogens (tertiary/aromatic N) is 5. The molecule has 1 aliphatic carbocycles. The molecule has 1 aliphatic rings. The Balaban J connectivity index is 0.000000330. The minimum absolute atomic E-state index is 0.211. The zero-order chi connectivity index (χ0) is 22.1. The minimum Gasteiger partial charge on any atom is -0.506 e. The van der Waals surface area contributed by atoms with Gasteiger partial charge in [-0.3, -0.25) is 15.1 Å². The molecule has 164 valence electrons. The second-order valence-corrected chi connectivity index (χ2v) is 7.18. The van der Waals surface area contributed by atoms with E-state index in [0.29, 0.717) is 18.4 Å². The molecule has 3 N–H and O–H groups in total. The van der Waals surface area contributed by atoms with Crippen molar-refractivity contribution in [3.63, 3.8) is 0 Å². The van der Waals surface area contributed by atoms with Crippen LogP contribution in [0, 0.1) is 0 Å². The maximum absolute atomic E-state index is 8.57. The monoisotopic (exact) mass is 423 g/mol. The Morgan fingerprint density at radius 2 is 2.23 bits per heavy atom. The van der Waals surface area contributed by atoms with Gasteiger partial charge in [0.1, 0.15) is 11.4 Å². The van der Waals surface area contributed by atoms with Gasteiger partial charge in [-0.15, -0.1) is 0 Å². The highest BCUT2D eigenvalue weighted by Crippen LogP contribution is 2.33. The predicted octanol–water partition coefficient (Wildman–Crippen LogP) is 3.79. The number of aromatic hydroxyl groups is 1. The van der Waals surface area contributed by atoms with E-state index in [1.54, 1.807) is 43.4 Å². The number of aromatic nitrogens is 5. The van der Waals surface area contributed by atoms with E-state index in [2.05, 4.69) is 43.2 Å². The van der Waals surface area contributed by atoms with Crippen molar-refractivity contribution in [3.05, 3.63) is 60.3 Å². The molecule has 9 nitrogen and oxygen atoms in total. The molecule has 1 saturated carbocycles. The molecule has 0 aliphatic heterocycles. The third-order valence-corrected chi connectivity index (χ3v) is 5.00. The summed E-state index contributed by atoms with van der Waals surface area (Å²) >= 11 is 0. The number of ether oxygens (including phenoxy) is 1. The normalized spacial score (nSPS) is 14.2. The maximum atomic E-state index is 8.57. The molecule has 0 radical (unpaired) electrons. The van der Waals surface area contributed by atoms with Gasteiger partial charge in [-0.2, -0.15) is 10.2 Å². The van der Waals surface area contributed by atoms with Crippen molar-refractivity contribution < 1.29 is 9.84 Å². The van der Waals surface area contributed by atoms with Crippen molar-refractivity contribution in [1.82, 2.24) is 25.0 Å². The minimum atomic E-state index is 0.211. The third kappa shape index (κ3) is 6.02. The number of amidine groups is 1. The van der Waals surface area contributed by atoms with E-state index < -0.39 is 0 Å². The highest BCUT2D eigenvalue weighted by molar-refractivity contribution is 6.07. The topological polar surface area (TPSA) is 113 Å². The SMILES string of the molecule is C=Cn1nc(COC)cc1C(=NC)Nc1cc(C2CCCC2)[nH]n1.Oc1cccnc1. The highest BCUT2D eigenvalue weighted by atomic mass is 16.5. The lowest BCUT2D eigenvalue weighted by Gasteiger charge is -2.07. The first-order valence-electron chi connectivity index (χ1n) is 10.2. The molecule has 0 amide bonds. The fourth-order valence-corrected chi connectivity index (χ4v) is 3.54. The summed E-state index contributed by atoms with van der Waals surface area (Å²) in [5.74, 6) is 2.27. The van der Waals surface area contributed by atoms with E-state index in [9.17, 15) is 0 Å². The van der Waals surface area contributed by atoms with Gasteiger partial charge in [-0.1, -0.05) is 19.4 Å². The summed E-state index contributed by atoms with van der Waals surface area (Å²) in [5.41, 5.74) is 2.84. The van der Waals surface area contributed by atoms with Crippen LogP contribution < -0.4 is 5.32 Å². The molecular formula is C22H29N7O2. The maximum Gasteiger partial charge on any atom is 0.153 e. The van der Waals surface area contributed by atoms with Crippen LogP contribution in [-0.2, 0) is 11.3 Å². The van der Waals surface area contributed by atoms with Crippen LogP contribution in [0.5, 0.6) is 5.75 Å². The van der Waals surface area contributed by atoms with Crippen LogP contribution in [0.3, 0.4) is 0 Å². The van der Waals surface area contributed by atoms with Crippen LogP contribution in [-0.4, -0.2) is 50.1 Å². The fourth-order valence-electron chi connectivity index (χ4n) is 3.54. The average Bonchev–Trinajstić information content (AvgIpc) is 3.54. The summed E-state index contributed by atoms with van der Waals surface area (Å²) in [7, 11) is 3.39. The van der Waals surface area contributed by atoms with Crippen LogP contribution in [0.4, 0.5) is 5.82 Å². The summed E-state index contributed by atoms with van der Waals surface area (Å²) in [6, 6.07) is 7.26. The first kappa shape index (κ1) is 22.2. The van der Waals surface area contributed by atoms with Crippen molar-refractivity contribution in [1.29, 1.82) is 0 Å². The Labute approximate surface area is 181 Å². The molecule has 9 heteroatoms. The molecule has 1 fully saturated rings. The zero-order valence-electron chi connectivity index (χ0n) is 18.0. The Hall–Kier alpha value is -3.46. The standard InChI is InChI=1S/C17H24N6O.C5H5NO/c1-4-23-15(9-13(22-23)11-24-3)17(18-2)19-16-10-14(20-21-16)12-7-5-6-8-12;7-5-2-1-3-6-4-5/h4,9-10,12H,1,5-8,11H2,2-3H3,(H2,18,19,20,21);1-4,7H. The second-order valence-electron chi connectivity index (χ2n) is 7.18. The number of hydrogen-bond donors (Lipinski definition) is 3. The average molecular weight is 424 g/mol. The van der Waals surface area contributed by atoms with Crippen molar-refractivity contribution in [2.75, 3.05) is 19.5 Å². The molecule has 3 aromatic heterocycles. The molecule has 0 bridgehead atoms. The van der Waals surface area contributed by atoms with Gasteiger partial charge in [-0.25, -0.2) is 4.68 Å². The number of pyridine rings is 1. The molecule has 4 rings (SSSR count). The first-order valence-corrected chi connectivity index (χ1v) is 10.2. The molecule has 0 spiro atoms. The first-order chi connectivity index (χ1) is 15.1. The Kier molecular flexibility index (Phi) is 7.94. The molecule has 0 atom stereocenters. The molecule has 3 heterocycles. The van der Waals surface area contributed by atoms with Gasteiger partial charge in [0.2, 0.25) is 0 Å². The predicted molar refractivity (Wildman–Crippen MR) is 121 cm³/mol. The Morgan fingerprint density at radius 3 is 2.81 bits per heavy atom. The van der Waals surface area contributed by atoms with Crippen molar-refractivity contribution >= 4 is 17.9 Å². The zero-order valence-corrected chi connectivity index (χ0v) is 18.0. The van der Waals surface area contributed by atoms with Gasteiger partial charge in [0.05, 0.1) is 18.5 Å². The third-order valence-electron chi connectivity index (χ3n) is 5.00. The molecule has 0 aromatic carbocycles. The summed E-state index contributed by atoms with van der Waals surface area (Å²) in [6.07, 6.45) is 9.72. The van der Waals surface area contributed by atoms with Gasteiger partial charge >= 0.3 is 0 Å². The van der Waals surface area contributed by atoms with E-state index in [4.69, 9.17) is 9.84 Å². The van der Waals surface area contributed by atoms with Gasteiger partial charge in [-0.05, 0) is 31.0 Å². The number of rotatable bonds is 6. The fraction of sp³-hybridized carbons (Fsp3) is 0.364. The molecule has 31 heavy (non-hydrogen) atoms. The van der Waals surface area contributed by atoms with Crippen LogP contribution in [0.2, 0.25) is 0 Å². The largest absolute Gasteiger partial charge is 0.506 e. The smallest absolute Gasteiger partial charge is 0.153 e. The van der Waals surface area contributed by atoms with Crippen LogP contribution >= 0.6 is 0 Å².